The van der Waals surface area contributed by atoms with Gasteiger partial charge in [0.15, 0.2) is 5.69 Å². The number of carboxylic acid groups (broad SMARTS) is 1. The number of aromatic nitrogens is 2. The highest BCUT2D eigenvalue weighted by atomic mass is 35.5. The van der Waals surface area contributed by atoms with Crippen LogP contribution in [0.5, 0.6) is 0 Å². The molecule has 6 heteroatoms. The first kappa shape index (κ1) is 16.0. The molecule has 1 N–H and O–H groups in total. The second-order valence-corrected chi connectivity index (χ2v) is 5.39. The summed E-state index contributed by atoms with van der Waals surface area (Å²) in [5.41, 5.74) is 3.66. The van der Waals surface area contributed by atoms with Gasteiger partial charge in [0.05, 0.1) is 17.2 Å². The summed E-state index contributed by atoms with van der Waals surface area (Å²) in [5, 5.41) is 10.1. The van der Waals surface area contributed by atoms with Crippen molar-refractivity contribution in [3.63, 3.8) is 0 Å². The van der Waals surface area contributed by atoms with Crippen molar-refractivity contribution in [1.82, 2.24) is 9.97 Å². The summed E-state index contributed by atoms with van der Waals surface area (Å²) < 4.78 is 5.91. The monoisotopic (exact) mass is 340 g/mol. The molecule has 2 heterocycles. The second-order valence-electron chi connectivity index (χ2n) is 5.39. The zero-order valence-corrected chi connectivity index (χ0v) is 13.5. The SMILES string of the molecule is Cc1cc(-c2cc3ccccc3o2)c2ncc(C(=O)O)nc2c1.Cl. The predicted molar refractivity (Wildman–Crippen MR) is 93.7 cm³/mol. The Bertz CT molecular complexity index is 1040. The second kappa shape index (κ2) is 5.94. The Balaban J connectivity index is 0.00000169. The number of halogens is 1. The number of carbonyl (C=O) groups is 1. The van der Waals surface area contributed by atoms with Gasteiger partial charge in [0, 0.05) is 10.9 Å². The van der Waals surface area contributed by atoms with E-state index < -0.39 is 5.97 Å². The third-order valence-electron chi connectivity index (χ3n) is 3.70. The largest absolute Gasteiger partial charge is 0.476 e. The summed E-state index contributed by atoms with van der Waals surface area (Å²) >= 11 is 0. The van der Waals surface area contributed by atoms with E-state index in [0.29, 0.717) is 16.8 Å². The van der Waals surface area contributed by atoms with Gasteiger partial charge in [-0.15, -0.1) is 12.4 Å². The van der Waals surface area contributed by atoms with E-state index in [2.05, 4.69) is 9.97 Å². The molecule has 0 unspecified atom stereocenters. The lowest BCUT2D eigenvalue weighted by molar-refractivity contribution is 0.0690. The number of para-hydroxylation sites is 1. The van der Waals surface area contributed by atoms with Crippen LogP contribution < -0.4 is 0 Å². The van der Waals surface area contributed by atoms with Crippen molar-refractivity contribution in [1.29, 1.82) is 0 Å². The van der Waals surface area contributed by atoms with Crippen LogP contribution in [0.2, 0.25) is 0 Å². The van der Waals surface area contributed by atoms with Crippen molar-refractivity contribution >= 4 is 40.4 Å². The number of fused-ring (bicyclic) bond motifs is 2. The Hall–Kier alpha value is -2.92. The van der Waals surface area contributed by atoms with Crippen LogP contribution in [0.25, 0.3) is 33.3 Å². The lowest BCUT2D eigenvalue weighted by Crippen LogP contribution is -2.02. The van der Waals surface area contributed by atoms with E-state index in [-0.39, 0.29) is 18.1 Å². The molecule has 0 saturated carbocycles. The van der Waals surface area contributed by atoms with E-state index in [1.54, 1.807) is 0 Å². The molecule has 24 heavy (non-hydrogen) atoms. The van der Waals surface area contributed by atoms with Crippen LogP contribution in [0.3, 0.4) is 0 Å². The Morgan fingerprint density at radius 1 is 1.17 bits per heavy atom. The number of furan rings is 1. The topological polar surface area (TPSA) is 76.2 Å². The molecule has 0 fully saturated rings. The van der Waals surface area contributed by atoms with Crippen LogP contribution in [-0.2, 0) is 0 Å². The number of rotatable bonds is 2. The predicted octanol–water partition coefficient (Wildman–Crippen LogP) is 4.47. The van der Waals surface area contributed by atoms with Gasteiger partial charge < -0.3 is 9.52 Å². The Kier molecular flexibility index (Phi) is 3.95. The first-order valence-electron chi connectivity index (χ1n) is 7.11. The van der Waals surface area contributed by atoms with Crippen LogP contribution in [0.4, 0.5) is 0 Å². The normalized spacial score (nSPS) is 10.7. The third kappa shape index (κ3) is 2.59. The van der Waals surface area contributed by atoms with Gasteiger partial charge in [-0.1, -0.05) is 18.2 Å². The third-order valence-corrected chi connectivity index (χ3v) is 3.70. The Labute approximate surface area is 143 Å². The number of carboxylic acids is 1. The molecule has 0 aliphatic heterocycles. The average Bonchev–Trinajstić information content (AvgIpc) is 2.97. The molecule has 0 aliphatic rings. The Morgan fingerprint density at radius 3 is 2.71 bits per heavy atom. The van der Waals surface area contributed by atoms with E-state index in [0.717, 1.165) is 22.1 Å². The number of aryl methyl sites for hydroxylation is 1. The summed E-state index contributed by atoms with van der Waals surface area (Å²) in [4.78, 5) is 19.5. The Morgan fingerprint density at radius 2 is 1.96 bits per heavy atom. The molecule has 4 aromatic rings. The van der Waals surface area contributed by atoms with E-state index in [1.165, 1.54) is 6.20 Å². The summed E-state index contributed by atoms with van der Waals surface area (Å²) in [6.07, 6.45) is 1.27. The van der Waals surface area contributed by atoms with Crippen LogP contribution in [0, 0.1) is 6.92 Å². The smallest absolute Gasteiger partial charge is 0.356 e. The minimum Gasteiger partial charge on any atom is -0.476 e. The molecule has 0 spiro atoms. The van der Waals surface area contributed by atoms with Crippen molar-refractivity contribution in [3.8, 4) is 11.3 Å². The average molecular weight is 341 g/mol. The van der Waals surface area contributed by atoms with Crippen LogP contribution in [0.15, 0.2) is 53.1 Å². The van der Waals surface area contributed by atoms with Gasteiger partial charge in [0.25, 0.3) is 0 Å². The zero-order valence-electron chi connectivity index (χ0n) is 12.7. The fourth-order valence-electron chi connectivity index (χ4n) is 2.67. The lowest BCUT2D eigenvalue weighted by Gasteiger charge is -2.05. The molecule has 0 aliphatic carbocycles. The first-order chi connectivity index (χ1) is 11.1. The van der Waals surface area contributed by atoms with E-state index >= 15 is 0 Å². The highest BCUT2D eigenvalue weighted by Crippen LogP contribution is 2.32. The zero-order chi connectivity index (χ0) is 16.0. The van der Waals surface area contributed by atoms with Crippen molar-refractivity contribution in [3.05, 3.63) is 59.9 Å². The van der Waals surface area contributed by atoms with Crippen LogP contribution >= 0.6 is 12.4 Å². The fourth-order valence-corrected chi connectivity index (χ4v) is 2.67. The van der Waals surface area contributed by atoms with Crippen molar-refractivity contribution in [2.24, 2.45) is 0 Å². The maximum atomic E-state index is 11.1. The molecule has 4 rings (SSSR count). The number of nitrogens with zero attached hydrogens (tertiary/aromatic N) is 2. The maximum Gasteiger partial charge on any atom is 0.356 e. The van der Waals surface area contributed by atoms with Crippen molar-refractivity contribution in [2.45, 2.75) is 6.92 Å². The number of aromatic carboxylic acids is 1. The molecule has 0 atom stereocenters. The number of hydrogen-bond acceptors (Lipinski definition) is 4. The first-order valence-corrected chi connectivity index (χ1v) is 7.11. The summed E-state index contributed by atoms with van der Waals surface area (Å²) in [6, 6.07) is 13.5. The highest BCUT2D eigenvalue weighted by Gasteiger charge is 2.14. The van der Waals surface area contributed by atoms with Gasteiger partial charge in [-0.25, -0.2) is 9.78 Å². The standard InChI is InChI=1S/C18H12N2O3.ClH/c1-10-6-12(16-8-11-4-2-3-5-15(11)23-16)17-13(7-10)20-14(9-19-17)18(21)22;/h2-9H,1H3,(H,21,22);1H. The summed E-state index contributed by atoms with van der Waals surface area (Å²) in [5.74, 6) is -0.400. The van der Waals surface area contributed by atoms with Gasteiger partial charge in [-0.2, -0.15) is 0 Å². The molecule has 2 aromatic carbocycles. The van der Waals surface area contributed by atoms with Gasteiger partial charge >= 0.3 is 5.97 Å². The van der Waals surface area contributed by atoms with E-state index in [9.17, 15) is 4.79 Å². The van der Waals surface area contributed by atoms with E-state index in [1.807, 2.05) is 49.4 Å². The molecule has 0 radical (unpaired) electrons. The van der Waals surface area contributed by atoms with Gasteiger partial charge in [-0.05, 0) is 36.8 Å². The van der Waals surface area contributed by atoms with Gasteiger partial charge in [-0.3, -0.25) is 4.98 Å². The minimum absolute atomic E-state index is 0. The van der Waals surface area contributed by atoms with E-state index in [4.69, 9.17) is 9.52 Å². The maximum absolute atomic E-state index is 11.1. The van der Waals surface area contributed by atoms with Crippen molar-refractivity contribution in [2.75, 3.05) is 0 Å². The lowest BCUT2D eigenvalue weighted by atomic mass is 10.1. The molecule has 0 saturated heterocycles. The number of hydrogen-bond donors (Lipinski definition) is 1. The summed E-state index contributed by atoms with van der Waals surface area (Å²) in [6.45, 7) is 1.93. The molecule has 2 aromatic heterocycles. The van der Waals surface area contributed by atoms with Gasteiger partial charge in [0.2, 0.25) is 0 Å². The molecular formula is C18H13ClN2O3. The highest BCUT2D eigenvalue weighted by molar-refractivity contribution is 5.95. The molecule has 0 amide bonds. The quantitative estimate of drug-likeness (QED) is 0.582. The fraction of sp³-hybridized carbons (Fsp3) is 0.0556. The number of benzene rings is 2. The molecule has 120 valence electrons. The molecule has 5 nitrogen and oxygen atoms in total. The molecule has 0 bridgehead atoms. The van der Waals surface area contributed by atoms with Gasteiger partial charge in [0.1, 0.15) is 11.3 Å². The minimum atomic E-state index is -1.09. The summed E-state index contributed by atoms with van der Waals surface area (Å²) in [7, 11) is 0. The van der Waals surface area contributed by atoms with Crippen LogP contribution in [0.1, 0.15) is 16.1 Å². The molecular weight excluding hydrogens is 328 g/mol. The van der Waals surface area contributed by atoms with Crippen LogP contribution in [-0.4, -0.2) is 21.0 Å². The van der Waals surface area contributed by atoms with Crippen molar-refractivity contribution < 1.29 is 14.3 Å².